The van der Waals surface area contributed by atoms with Gasteiger partial charge in [0.25, 0.3) is 0 Å². The van der Waals surface area contributed by atoms with Crippen LogP contribution in [0.25, 0.3) is 0 Å². The van der Waals surface area contributed by atoms with E-state index in [4.69, 9.17) is 10.7 Å². The maximum absolute atomic E-state index is 12.0. The Kier molecular flexibility index (Phi) is 6.86. The molecular formula is C7H9ClF6O4S. The van der Waals surface area contributed by atoms with Crippen LogP contribution in [0.1, 0.15) is 0 Å². The monoisotopic (exact) mass is 338 g/mol. The lowest BCUT2D eigenvalue weighted by atomic mass is 10.3. The molecule has 0 N–H and O–H groups in total. The van der Waals surface area contributed by atoms with E-state index in [1.165, 1.54) is 0 Å². The van der Waals surface area contributed by atoms with Crippen LogP contribution in [0.2, 0.25) is 0 Å². The van der Waals surface area contributed by atoms with Crippen molar-refractivity contribution < 1.29 is 44.2 Å². The van der Waals surface area contributed by atoms with Crippen molar-refractivity contribution in [3.05, 3.63) is 0 Å². The highest BCUT2D eigenvalue weighted by Gasteiger charge is 2.57. The third kappa shape index (κ3) is 9.30. The van der Waals surface area contributed by atoms with E-state index in [0.717, 1.165) is 0 Å². The van der Waals surface area contributed by atoms with Gasteiger partial charge in [-0.2, -0.15) is 26.3 Å². The van der Waals surface area contributed by atoms with Gasteiger partial charge in [0.15, 0.2) is 0 Å². The molecule has 4 nitrogen and oxygen atoms in total. The second kappa shape index (κ2) is 6.95. The molecule has 0 bridgehead atoms. The maximum atomic E-state index is 12.0. The lowest BCUT2D eigenvalue weighted by Gasteiger charge is -2.22. The predicted molar refractivity (Wildman–Crippen MR) is 52.3 cm³/mol. The van der Waals surface area contributed by atoms with Crippen molar-refractivity contribution in [3.8, 4) is 0 Å². The summed E-state index contributed by atoms with van der Waals surface area (Å²) in [6, 6.07) is 0. The van der Waals surface area contributed by atoms with Crippen molar-refractivity contribution in [2.45, 2.75) is 18.5 Å². The summed E-state index contributed by atoms with van der Waals surface area (Å²) in [5.74, 6) is -0.615. The highest BCUT2D eigenvalue weighted by molar-refractivity contribution is 8.13. The van der Waals surface area contributed by atoms with E-state index < -0.39 is 53.1 Å². The molecule has 0 aliphatic rings. The van der Waals surface area contributed by atoms with Crippen LogP contribution in [0.3, 0.4) is 0 Å². The van der Waals surface area contributed by atoms with Gasteiger partial charge in [0, 0.05) is 10.7 Å². The number of alkyl halides is 6. The topological polar surface area (TPSA) is 52.6 Å². The smallest absolute Gasteiger partial charge is 0.378 e. The molecule has 0 saturated carbocycles. The number of rotatable bonds is 7. The van der Waals surface area contributed by atoms with E-state index in [9.17, 15) is 34.8 Å². The van der Waals surface area contributed by atoms with Gasteiger partial charge in [-0.1, -0.05) is 0 Å². The van der Waals surface area contributed by atoms with Crippen molar-refractivity contribution in [2.75, 3.05) is 25.6 Å². The van der Waals surface area contributed by atoms with Crippen LogP contribution < -0.4 is 0 Å². The minimum Gasteiger partial charge on any atom is -0.378 e. The zero-order valence-corrected chi connectivity index (χ0v) is 10.7. The Morgan fingerprint density at radius 1 is 0.947 bits per heavy atom. The highest BCUT2D eigenvalue weighted by Crippen LogP contribution is 2.35. The highest BCUT2D eigenvalue weighted by atomic mass is 35.7. The van der Waals surface area contributed by atoms with Gasteiger partial charge in [-0.3, -0.25) is 0 Å². The van der Waals surface area contributed by atoms with Gasteiger partial charge >= 0.3 is 12.4 Å². The van der Waals surface area contributed by atoms with Gasteiger partial charge in [-0.25, -0.2) is 8.42 Å². The average Bonchev–Trinajstić information content (AvgIpc) is 2.10. The predicted octanol–water partition coefficient (Wildman–Crippen LogP) is 2.08. The van der Waals surface area contributed by atoms with E-state index in [1.807, 2.05) is 0 Å². The maximum Gasteiger partial charge on any atom is 0.423 e. The van der Waals surface area contributed by atoms with Crippen molar-refractivity contribution in [1.29, 1.82) is 0 Å². The number of halogens is 7. The largest absolute Gasteiger partial charge is 0.423 e. The van der Waals surface area contributed by atoms with Gasteiger partial charge in [0.05, 0.1) is 25.6 Å². The van der Waals surface area contributed by atoms with Crippen LogP contribution >= 0.6 is 10.7 Å². The number of ether oxygens (including phenoxy) is 2. The SMILES string of the molecule is O=S(=O)(Cl)CCOCCOC(C(F)(F)F)C(F)(F)F. The molecule has 0 aromatic rings. The van der Waals surface area contributed by atoms with E-state index in [1.54, 1.807) is 0 Å². The molecule has 0 aliphatic carbocycles. The van der Waals surface area contributed by atoms with Gasteiger partial charge in [0.2, 0.25) is 15.2 Å². The Hall–Kier alpha value is -0.260. The van der Waals surface area contributed by atoms with Crippen LogP contribution in [0.5, 0.6) is 0 Å². The van der Waals surface area contributed by atoms with Crippen molar-refractivity contribution in [2.24, 2.45) is 0 Å². The first kappa shape index (κ1) is 18.7. The van der Waals surface area contributed by atoms with E-state index >= 15 is 0 Å². The summed E-state index contributed by atoms with van der Waals surface area (Å²) in [4.78, 5) is 0. The second-order valence-corrected chi connectivity index (χ2v) is 6.09. The molecule has 0 amide bonds. The summed E-state index contributed by atoms with van der Waals surface area (Å²) in [5.41, 5.74) is 0. The minimum absolute atomic E-state index is 0.460. The minimum atomic E-state index is -5.59. The summed E-state index contributed by atoms with van der Waals surface area (Å²) in [5, 5.41) is 0. The lowest BCUT2D eigenvalue weighted by molar-refractivity contribution is -0.322. The Balaban J connectivity index is 4.03. The molecule has 116 valence electrons. The second-order valence-electron chi connectivity index (χ2n) is 3.19. The molecule has 0 aromatic carbocycles. The summed E-state index contributed by atoms with van der Waals surface area (Å²) >= 11 is 0. The van der Waals surface area contributed by atoms with Crippen LogP contribution in [0, 0.1) is 0 Å². The fraction of sp³-hybridized carbons (Fsp3) is 1.00. The lowest BCUT2D eigenvalue weighted by Crippen LogP contribution is -2.44. The molecule has 0 spiro atoms. The number of hydrogen-bond donors (Lipinski definition) is 0. The number of hydrogen-bond acceptors (Lipinski definition) is 4. The Morgan fingerprint density at radius 2 is 1.42 bits per heavy atom. The van der Waals surface area contributed by atoms with Gasteiger partial charge in [0.1, 0.15) is 0 Å². The first-order chi connectivity index (χ1) is 8.34. The van der Waals surface area contributed by atoms with Gasteiger partial charge in [-0.05, 0) is 0 Å². The molecule has 0 fully saturated rings. The van der Waals surface area contributed by atoms with Crippen LogP contribution in [-0.4, -0.2) is 52.4 Å². The van der Waals surface area contributed by atoms with Crippen molar-refractivity contribution >= 4 is 19.7 Å². The molecule has 0 rings (SSSR count). The molecule has 0 unspecified atom stereocenters. The molecule has 0 saturated heterocycles. The van der Waals surface area contributed by atoms with Gasteiger partial charge < -0.3 is 9.47 Å². The zero-order valence-electron chi connectivity index (χ0n) is 9.09. The molecule has 0 aliphatic heterocycles. The first-order valence-electron chi connectivity index (χ1n) is 4.59. The quantitative estimate of drug-likeness (QED) is 0.405. The molecule has 0 aromatic heterocycles. The standard InChI is InChI=1S/C7H9ClF6O4S/c8-19(15,16)4-3-17-1-2-18-5(6(9,10)11)7(12,13)14/h5H,1-4H2. The molecular weight excluding hydrogens is 330 g/mol. The summed E-state index contributed by atoms with van der Waals surface area (Å²) < 4.78 is 101. The Morgan fingerprint density at radius 3 is 1.79 bits per heavy atom. The third-order valence-corrected chi connectivity index (χ3v) is 2.70. The summed E-state index contributed by atoms with van der Waals surface area (Å²) in [6.45, 7) is -2.08. The van der Waals surface area contributed by atoms with Crippen molar-refractivity contribution in [1.82, 2.24) is 0 Å². The Labute approximate surface area is 109 Å². The molecule has 12 heteroatoms. The van der Waals surface area contributed by atoms with E-state index in [2.05, 4.69) is 9.47 Å². The summed E-state index contributed by atoms with van der Waals surface area (Å²) in [7, 11) is 0.952. The summed E-state index contributed by atoms with van der Waals surface area (Å²) in [6.07, 6.45) is -15.1. The Bertz CT molecular complexity index is 351. The fourth-order valence-electron chi connectivity index (χ4n) is 0.860. The molecule has 0 radical (unpaired) electrons. The molecule has 19 heavy (non-hydrogen) atoms. The van der Waals surface area contributed by atoms with Gasteiger partial charge in [-0.15, -0.1) is 0 Å². The fourth-order valence-corrected chi connectivity index (χ4v) is 1.37. The van der Waals surface area contributed by atoms with E-state index in [0.29, 0.717) is 0 Å². The van der Waals surface area contributed by atoms with E-state index in [-0.39, 0.29) is 0 Å². The average molecular weight is 339 g/mol. The van der Waals surface area contributed by atoms with Crippen molar-refractivity contribution in [3.63, 3.8) is 0 Å². The third-order valence-electron chi connectivity index (χ3n) is 1.58. The van der Waals surface area contributed by atoms with Crippen LogP contribution in [-0.2, 0) is 18.5 Å². The molecule has 0 heterocycles. The normalized spacial score (nSPS) is 14.1. The molecule has 0 atom stereocenters. The zero-order chi connectivity index (χ0) is 15.3. The van der Waals surface area contributed by atoms with Crippen LogP contribution in [0.15, 0.2) is 0 Å². The first-order valence-corrected chi connectivity index (χ1v) is 7.07. The van der Waals surface area contributed by atoms with Crippen LogP contribution in [0.4, 0.5) is 26.3 Å².